The first kappa shape index (κ1) is 29.3. The fourth-order valence-corrected chi connectivity index (χ4v) is 5.03. The van der Waals surface area contributed by atoms with E-state index in [2.05, 4.69) is 16.0 Å². The highest BCUT2D eigenvalue weighted by molar-refractivity contribution is 7.80. The molecule has 218 valence electrons. The molecule has 9 heteroatoms. The van der Waals surface area contributed by atoms with Gasteiger partial charge in [-0.25, -0.2) is 0 Å². The summed E-state index contributed by atoms with van der Waals surface area (Å²) in [6.45, 7) is 1.98. The number of rotatable bonds is 11. The molecule has 0 saturated carbocycles. The number of carbonyl (C=O) groups is 2. The van der Waals surface area contributed by atoms with Crippen LogP contribution in [0.2, 0.25) is 0 Å². The van der Waals surface area contributed by atoms with Crippen LogP contribution in [0.25, 0.3) is 5.70 Å². The maximum absolute atomic E-state index is 14.0. The van der Waals surface area contributed by atoms with Gasteiger partial charge in [0.2, 0.25) is 0 Å². The summed E-state index contributed by atoms with van der Waals surface area (Å²) in [6.07, 6.45) is 0. The Hall–Kier alpha value is -5.15. The van der Waals surface area contributed by atoms with Crippen molar-refractivity contribution in [3.05, 3.63) is 125 Å². The van der Waals surface area contributed by atoms with Crippen molar-refractivity contribution in [3.8, 4) is 17.2 Å². The normalized spacial score (nSPS) is 14.3. The lowest BCUT2D eigenvalue weighted by atomic mass is 9.87. The van der Waals surface area contributed by atoms with E-state index in [0.29, 0.717) is 51.5 Å². The topological polar surface area (TPSA) is 97.9 Å². The molecule has 0 spiro atoms. The van der Waals surface area contributed by atoms with Crippen LogP contribution in [-0.2, 0) is 4.79 Å². The van der Waals surface area contributed by atoms with Gasteiger partial charge in [-0.1, -0.05) is 78.9 Å². The molecule has 0 fully saturated rings. The molecule has 1 heterocycles. The number of methoxy groups -OCH3 is 1. The maximum Gasteiger partial charge on any atom is 0.262 e. The van der Waals surface area contributed by atoms with Crippen LogP contribution in [0.5, 0.6) is 17.2 Å². The first-order chi connectivity index (χ1) is 21.0. The van der Waals surface area contributed by atoms with E-state index in [9.17, 15) is 9.59 Å². The molecule has 0 saturated heterocycles. The average Bonchev–Trinajstić information content (AvgIpc) is 3.04. The second kappa shape index (κ2) is 13.7. The molecule has 1 amide bonds. The Balaban J connectivity index is 1.47. The summed E-state index contributed by atoms with van der Waals surface area (Å²) in [6, 6.07) is 30.7. The zero-order valence-corrected chi connectivity index (χ0v) is 24.6. The lowest BCUT2D eigenvalue weighted by Crippen LogP contribution is -2.44. The predicted octanol–water partition coefficient (Wildman–Crippen LogP) is 5.92. The van der Waals surface area contributed by atoms with E-state index in [-0.39, 0.29) is 18.3 Å². The summed E-state index contributed by atoms with van der Waals surface area (Å²) in [5, 5.41) is 9.68. The van der Waals surface area contributed by atoms with E-state index in [1.54, 1.807) is 36.4 Å². The van der Waals surface area contributed by atoms with Crippen LogP contribution in [0.15, 0.2) is 109 Å². The summed E-state index contributed by atoms with van der Waals surface area (Å²) in [5.41, 5.74) is 3.82. The lowest BCUT2D eigenvalue weighted by molar-refractivity contribution is -0.118. The Kier molecular flexibility index (Phi) is 9.33. The number of hydrogen-bond donors (Lipinski definition) is 3. The molecule has 5 rings (SSSR count). The standard InChI is InChI=1S/C34H31N3O5S/c1-3-41-28-20-24(18-19-27(28)42-21-29(38)35-25-16-10-11-17-26(25)40-2)32-30(33(39)23-14-8-5-9-15-23)31(36-34(43)37-32)22-12-6-4-7-13-22/h4-20,32H,3,21H2,1-2H3,(H,35,38)(H2,36,37,43). The van der Waals surface area contributed by atoms with Gasteiger partial charge in [0.1, 0.15) is 5.75 Å². The van der Waals surface area contributed by atoms with E-state index >= 15 is 0 Å². The van der Waals surface area contributed by atoms with E-state index in [1.807, 2.05) is 73.7 Å². The van der Waals surface area contributed by atoms with Crippen molar-refractivity contribution in [2.45, 2.75) is 13.0 Å². The van der Waals surface area contributed by atoms with E-state index in [0.717, 1.165) is 11.1 Å². The number of Topliss-reactive ketones (excluding diaryl/α,β-unsaturated/α-hetero) is 1. The molecule has 43 heavy (non-hydrogen) atoms. The molecule has 1 atom stereocenters. The van der Waals surface area contributed by atoms with Crippen molar-refractivity contribution < 1.29 is 23.8 Å². The minimum absolute atomic E-state index is 0.141. The summed E-state index contributed by atoms with van der Waals surface area (Å²) >= 11 is 5.59. The fraction of sp³-hybridized carbons (Fsp3) is 0.147. The number of ether oxygens (including phenoxy) is 3. The van der Waals surface area contributed by atoms with Gasteiger partial charge < -0.3 is 30.2 Å². The number of thiocarbonyl (C=S) groups is 1. The van der Waals surface area contributed by atoms with Crippen molar-refractivity contribution in [3.63, 3.8) is 0 Å². The van der Waals surface area contributed by atoms with Gasteiger partial charge >= 0.3 is 0 Å². The number of para-hydroxylation sites is 2. The number of anilines is 1. The number of nitrogens with one attached hydrogen (secondary N) is 3. The first-order valence-electron chi connectivity index (χ1n) is 13.8. The van der Waals surface area contributed by atoms with Crippen LogP contribution in [0.1, 0.15) is 34.5 Å². The number of carbonyl (C=O) groups excluding carboxylic acids is 2. The van der Waals surface area contributed by atoms with E-state index in [1.165, 1.54) is 7.11 Å². The van der Waals surface area contributed by atoms with Gasteiger partial charge in [-0.15, -0.1) is 0 Å². The van der Waals surface area contributed by atoms with Gasteiger partial charge in [0.05, 0.1) is 36.7 Å². The van der Waals surface area contributed by atoms with Crippen molar-refractivity contribution in [1.29, 1.82) is 0 Å². The molecule has 0 radical (unpaired) electrons. The molecular formula is C34H31N3O5S. The van der Waals surface area contributed by atoms with Crippen LogP contribution in [0, 0.1) is 0 Å². The highest BCUT2D eigenvalue weighted by Crippen LogP contribution is 2.37. The second-order valence-electron chi connectivity index (χ2n) is 9.56. The Bertz CT molecular complexity index is 1660. The van der Waals surface area contributed by atoms with E-state index < -0.39 is 6.04 Å². The molecule has 0 aromatic heterocycles. The van der Waals surface area contributed by atoms with Crippen LogP contribution in [-0.4, -0.2) is 37.1 Å². The predicted molar refractivity (Wildman–Crippen MR) is 170 cm³/mol. The minimum Gasteiger partial charge on any atom is -0.495 e. The van der Waals surface area contributed by atoms with Crippen molar-refractivity contribution in [2.75, 3.05) is 25.6 Å². The highest BCUT2D eigenvalue weighted by atomic mass is 32.1. The maximum atomic E-state index is 14.0. The Labute approximate surface area is 255 Å². The van der Waals surface area contributed by atoms with Gasteiger partial charge in [0.15, 0.2) is 29.0 Å². The van der Waals surface area contributed by atoms with Crippen molar-refractivity contribution in [1.82, 2.24) is 10.6 Å². The summed E-state index contributed by atoms with van der Waals surface area (Å²) in [5.74, 6) is 0.877. The third kappa shape index (κ3) is 6.85. The number of amides is 1. The van der Waals surface area contributed by atoms with Crippen LogP contribution in [0.4, 0.5) is 5.69 Å². The molecule has 0 bridgehead atoms. The summed E-state index contributed by atoms with van der Waals surface area (Å²) in [7, 11) is 1.54. The van der Waals surface area contributed by atoms with Crippen LogP contribution in [0.3, 0.4) is 0 Å². The molecule has 1 aliphatic heterocycles. The van der Waals surface area contributed by atoms with Gasteiger partial charge in [0.25, 0.3) is 5.91 Å². The Morgan fingerprint density at radius 1 is 0.837 bits per heavy atom. The molecular weight excluding hydrogens is 562 g/mol. The smallest absolute Gasteiger partial charge is 0.262 e. The molecule has 3 N–H and O–H groups in total. The lowest BCUT2D eigenvalue weighted by Gasteiger charge is -2.32. The highest BCUT2D eigenvalue weighted by Gasteiger charge is 2.33. The number of ketones is 1. The second-order valence-corrected chi connectivity index (χ2v) is 9.97. The van der Waals surface area contributed by atoms with Crippen molar-refractivity contribution >= 4 is 40.4 Å². The zero-order valence-electron chi connectivity index (χ0n) is 23.8. The van der Waals surface area contributed by atoms with Gasteiger partial charge in [-0.3, -0.25) is 9.59 Å². The average molecular weight is 594 g/mol. The first-order valence-corrected chi connectivity index (χ1v) is 14.2. The van der Waals surface area contributed by atoms with Gasteiger partial charge in [-0.2, -0.15) is 0 Å². The molecule has 4 aromatic carbocycles. The Morgan fingerprint density at radius 3 is 2.26 bits per heavy atom. The minimum atomic E-state index is -0.584. The molecule has 1 unspecified atom stereocenters. The van der Waals surface area contributed by atoms with Gasteiger partial charge in [0, 0.05) is 5.56 Å². The molecule has 4 aromatic rings. The third-order valence-electron chi connectivity index (χ3n) is 6.76. The zero-order chi connectivity index (χ0) is 30.2. The largest absolute Gasteiger partial charge is 0.495 e. The molecule has 1 aliphatic rings. The van der Waals surface area contributed by atoms with Crippen LogP contribution >= 0.6 is 12.2 Å². The summed E-state index contributed by atoms with van der Waals surface area (Å²) in [4.78, 5) is 26.7. The van der Waals surface area contributed by atoms with E-state index in [4.69, 9.17) is 26.4 Å². The van der Waals surface area contributed by atoms with Gasteiger partial charge in [-0.05, 0) is 54.5 Å². The molecule has 8 nitrogen and oxygen atoms in total. The fourth-order valence-electron chi connectivity index (χ4n) is 4.81. The SMILES string of the molecule is CCOc1cc(C2NC(=S)NC(c3ccccc3)=C2C(=O)c2ccccc2)ccc1OCC(=O)Nc1ccccc1OC. The summed E-state index contributed by atoms with van der Waals surface area (Å²) < 4.78 is 17.1. The third-order valence-corrected chi connectivity index (χ3v) is 6.98. The Morgan fingerprint density at radius 2 is 1.53 bits per heavy atom. The monoisotopic (exact) mass is 593 g/mol. The number of benzene rings is 4. The quantitative estimate of drug-likeness (QED) is 0.146. The number of hydrogen-bond acceptors (Lipinski definition) is 6. The molecule has 0 aliphatic carbocycles. The van der Waals surface area contributed by atoms with Crippen molar-refractivity contribution in [2.24, 2.45) is 0 Å². The van der Waals surface area contributed by atoms with Crippen LogP contribution < -0.4 is 30.2 Å².